The number of methoxy groups -OCH3 is 1. The van der Waals surface area contributed by atoms with Crippen LogP contribution in [0.2, 0.25) is 0 Å². The molecule has 0 saturated carbocycles. The molecular weight excluding hydrogens is 445 g/mol. The Labute approximate surface area is 191 Å². The highest BCUT2D eigenvalue weighted by molar-refractivity contribution is 7.92. The van der Waals surface area contributed by atoms with E-state index in [2.05, 4.69) is 20.0 Å². The van der Waals surface area contributed by atoms with Crippen LogP contribution in [0.5, 0.6) is 0 Å². The third kappa shape index (κ3) is 6.27. The largest absolute Gasteiger partial charge is 0.380 e. The molecule has 1 atom stereocenters. The maximum absolute atomic E-state index is 13.1. The Morgan fingerprint density at radius 1 is 1.09 bits per heavy atom. The maximum atomic E-state index is 13.1. The number of H-pyrrole nitrogens is 1. The van der Waals surface area contributed by atoms with E-state index in [-0.39, 0.29) is 17.4 Å². The van der Waals surface area contributed by atoms with Gasteiger partial charge in [-0.1, -0.05) is 42.5 Å². The maximum Gasteiger partial charge on any atom is 0.236 e. The zero-order valence-corrected chi connectivity index (χ0v) is 18.8. The molecule has 0 amide bonds. The van der Waals surface area contributed by atoms with Crippen molar-refractivity contribution in [2.45, 2.75) is 19.1 Å². The molecule has 0 radical (unpaired) electrons. The van der Waals surface area contributed by atoms with Crippen molar-refractivity contribution >= 4 is 15.8 Å². The molecule has 4 aromatic rings. The van der Waals surface area contributed by atoms with Gasteiger partial charge in [-0.05, 0) is 35.7 Å². The third-order valence-corrected chi connectivity index (χ3v) is 6.39. The Kier molecular flexibility index (Phi) is 6.85. The number of hydrogen-bond acceptors (Lipinski definition) is 5. The van der Waals surface area contributed by atoms with Crippen LogP contribution in [-0.2, 0) is 27.7 Å². The molecule has 0 aliphatic heterocycles. The number of aromatic nitrogens is 4. The smallest absolute Gasteiger partial charge is 0.236 e. The number of aromatic amines is 1. The summed E-state index contributed by atoms with van der Waals surface area (Å²) in [7, 11) is -2.29. The number of anilines is 1. The summed E-state index contributed by atoms with van der Waals surface area (Å²) in [6, 6.07) is 19.3. The van der Waals surface area contributed by atoms with Crippen LogP contribution in [0.3, 0.4) is 0 Å². The Hall–Kier alpha value is -3.50. The molecule has 0 saturated heterocycles. The summed E-state index contributed by atoms with van der Waals surface area (Å²) in [6.45, 7) is 0.626. The summed E-state index contributed by atoms with van der Waals surface area (Å²) in [5.74, 6) is -0.449. The van der Waals surface area contributed by atoms with E-state index in [1.54, 1.807) is 22.9 Å². The summed E-state index contributed by atoms with van der Waals surface area (Å²) in [4.78, 5) is 0. The van der Waals surface area contributed by atoms with Crippen LogP contribution in [0.4, 0.5) is 10.2 Å². The summed E-state index contributed by atoms with van der Waals surface area (Å²) in [5, 5.41) is 11.4. The molecule has 8 nitrogen and oxygen atoms in total. The molecular formula is C23H24FN5O3S. The number of halogens is 1. The molecule has 2 N–H and O–H groups in total. The first kappa shape index (κ1) is 22.7. The fourth-order valence-corrected chi connectivity index (χ4v) is 4.66. The van der Waals surface area contributed by atoms with Crippen molar-refractivity contribution in [2.24, 2.45) is 0 Å². The molecule has 2 aromatic carbocycles. The van der Waals surface area contributed by atoms with Gasteiger partial charge in [-0.2, -0.15) is 10.2 Å². The van der Waals surface area contributed by atoms with Crippen LogP contribution in [-0.4, -0.2) is 47.4 Å². The standard InChI is InChI=1S/C23H24FN5O3S/c1-32-20(13-17-7-9-19(24)10-8-17)16-33(30,31)28-23-14-22(25-26-23)21-11-12-29(27-21)15-18-5-3-2-4-6-18/h2-12,14,20H,13,15-16H2,1H3,(H2,25,26,28). The first-order valence-electron chi connectivity index (χ1n) is 10.3. The Balaban J connectivity index is 1.38. The van der Waals surface area contributed by atoms with Crippen molar-refractivity contribution in [3.63, 3.8) is 0 Å². The molecule has 0 spiro atoms. The van der Waals surface area contributed by atoms with Gasteiger partial charge in [-0.25, -0.2) is 12.8 Å². The predicted molar refractivity (Wildman–Crippen MR) is 124 cm³/mol. The number of benzene rings is 2. The lowest BCUT2D eigenvalue weighted by molar-refractivity contribution is 0.121. The van der Waals surface area contributed by atoms with E-state index in [9.17, 15) is 12.8 Å². The summed E-state index contributed by atoms with van der Waals surface area (Å²) >= 11 is 0. The van der Waals surface area contributed by atoms with E-state index in [0.29, 0.717) is 24.4 Å². The normalized spacial score (nSPS) is 12.5. The third-order valence-electron chi connectivity index (χ3n) is 5.06. The van der Waals surface area contributed by atoms with Crippen LogP contribution in [0.25, 0.3) is 11.4 Å². The minimum absolute atomic E-state index is 0.166. The van der Waals surface area contributed by atoms with Crippen molar-refractivity contribution in [2.75, 3.05) is 17.6 Å². The van der Waals surface area contributed by atoms with Gasteiger partial charge in [0.25, 0.3) is 0 Å². The van der Waals surface area contributed by atoms with Crippen LogP contribution in [0.1, 0.15) is 11.1 Å². The van der Waals surface area contributed by atoms with E-state index in [1.807, 2.05) is 42.6 Å². The SMILES string of the molecule is COC(Cc1ccc(F)cc1)CS(=O)(=O)Nc1cc(-c2ccn(Cc3ccccc3)n2)[nH]n1. The van der Waals surface area contributed by atoms with Gasteiger partial charge in [-0.15, -0.1) is 0 Å². The van der Waals surface area contributed by atoms with Gasteiger partial charge in [0.2, 0.25) is 10.0 Å². The Morgan fingerprint density at radius 3 is 2.58 bits per heavy atom. The highest BCUT2D eigenvalue weighted by Gasteiger charge is 2.21. The van der Waals surface area contributed by atoms with Crippen LogP contribution >= 0.6 is 0 Å². The Bertz CT molecular complexity index is 1290. The minimum atomic E-state index is -3.74. The lowest BCUT2D eigenvalue weighted by Crippen LogP contribution is -2.29. The average Bonchev–Trinajstić information content (AvgIpc) is 3.44. The number of hydrogen-bond donors (Lipinski definition) is 2. The molecule has 10 heteroatoms. The molecule has 172 valence electrons. The second kappa shape index (κ2) is 9.97. The highest BCUT2D eigenvalue weighted by Crippen LogP contribution is 2.19. The van der Waals surface area contributed by atoms with Crippen molar-refractivity contribution < 1.29 is 17.5 Å². The van der Waals surface area contributed by atoms with Crippen LogP contribution in [0, 0.1) is 5.82 Å². The van der Waals surface area contributed by atoms with Crippen molar-refractivity contribution in [3.05, 3.63) is 89.9 Å². The lowest BCUT2D eigenvalue weighted by atomic mass is 10.1. The molecule has 33 heavy (non-hydrogen) atoms. The van der Waals surface area contributed by atoms with Crippen molar-refractivity contribution in [1.82, 2.24) is 20.0 Å². The number of sulfonamides is 1. The van der Waals surface area contributed by atoms with Gasteiger partial charge in [0.1, 0.15) is 11.5 Å². The lowest BCUT2D eigenvalue weighted by Gasteiger charge is -2.16. The van der Waals surface area contributed by atoms with Crippen LogP contribution in [0.15, 0.2) is 72.9 Å². The van der Waals surface area contributed by atoms with E-state index in [1.165, 1.54) is 19.2 Å². The molecule has 0 aliphatic carbocycles. The van der Waals surface area contributed by atoms with Gasteiger partial charge in [0, 0.05) is 19.4 Å². The minimum Gasteiger partial charge on any atom is -0.380 e. The summed E-state index contributed by atoms with van der Waals surface area (Å²) in [6.07, 6.45) is 1.59. The monoisotopic (exact) mass is 469 g/mol. The van der Waals surface area contributed by atoms with Gasteiger partial charge in [0.05, 0.1) is 24.1 Å². The van der Waals surface area contributed by atoms with E-state index < -0.39 is 16.1 Å². The summed E-state index contributed by atoms with van der Waals surface area (Å²) in [5.41, 5.74) is 3.15. The van der Waals surface area contributed by atoms with Gasteiger partial charge in [0.15, 0.2) is 5.82 Å². The second-order valence-electron chi connectivity index (χ2n) is 7.62. The van der Waals surface area contributed by atoms with E-state index in [4.69, 9.17) is 4.74 Å². The molecule has 1 unspecified atom stereocenters. The topological polar surface area (TPSA) is 102 Å². The van der Waals surface area contributed by atoms with Crippen molar-refractivity contribution in [1.29, 1.82) is 0 Å². The quantitative estimate of drug-likeness (QED) is 0.370. The first-order chi connectivity index (χ1) is 15.9. The highest BCUT2D eigenvalue weighted by atomic mass is 32.2. The fraction of sp³-hybridized carbons (Fsp3) is 0.217. The number of ether oxygens (including phenoxy) is 1. The van der Waals surface area contributed by atoms with Gasteiger partial charge in [-0.3, -0.25) is 14.5 Å². The van der Waals surface area contributed by atoms with E-state index in [0.717, 1.165) is 11.1 Å². The van der Waals surface area contributed by atoms with Gasteiger partial charge < -0.3 is 4.74 Å². The number of nitrogens with zero attached hydrogens (tertiary/aromatic N) is 3. The zero-order valence-electron chi connectivity index (χ0n) is 18.0. The number of nitrogens with one attached hydrogen (secondary N) is 2. The van der Waals surface area contributed by atoms with E-state index >= 15 is 0 Å². The first-order valence-corrected chi connectivity index (χ1v) is 12.0. The van der Waals surface area contributed by atoms with Gasteiger partial charge >= 0.3 is 0 Å². The molecule has 0 fully saturated rings. The molecule has 0 bridgehead atoms. The molecule has 2 aromatic heterocycles. The summed E-state index contributed by atoms with van der Waals surface area (Å²) < 4.78 is 48.0. The Morgan fingerprint density at radius 2 is 1.85 bits per heavy atom. The second-order valence-corrected chi connectivity index (χ2v) is 9.39. The molecule has 4 rings (SSSR count). The zero-order chi connectivity index (χ0) is 23.3. The fourth-order valence-electron chi connectivity index (χ4n) is 3.41. The molecule has 2 heterocycles. The average molecular weight is 470 g/mol. The number of rotatable bonds is 10. The predicted octanol–water partition coefficient (Wildman–Crippen LogP) is 3.46. The van der Waals surface area contributed by atoms with Crippen molar-refractivity contribution in [3.8, 4) is 11.4 Å². The van der Waals surface area contributed by atoms with Crippen LogP contribution < -0.4 is 4.72 Å². The molecule has 0 aliphatic rings.